The first-order valence-corrected chi connectivity index (χ1v) is 8.47. The Morgan fingerprint density at radius 3 is 2.35 bits per heavy atom. The molecule has 0 heterocycles. The largest absolute Gasteiger partial charge is 0.383 e. The molecule has 2 N–H and O–H groups in total. The van der Waals surface area contributed by atoms with Gasteiger partial charge < -0.3 is 15.4 Å². The second kappa shape index (κ2) is 8.24. The minimum atomic E-state index is -3.15. The Morgan fingerprint density at radius 1 is 1.20 bits per heavy atom. The molecule has 0 aliphatic carbocycles. The van der Waals surface area contributed by atoms with Gasteiger partial charge in [0.25, 0.3) is 0 Å². The third kappa shape index (κ3) is 4.77. The van der Waals surface area contributed by atoms with Gasteiger partial charge in [-0.05, 0) is 30.7 Å². The van der Waals surface area contributed by atoms with Crippen molar-refractivity contribution in [3.05, 3.63) is 24.3 Å². The van der Waals surface area contributed by atoms with Crippen molar-refractivity contribution >= 4 is 15.5 Å². The smallest absolute Gasteiger partial charge is 0.178 e. The van der Waals surface area contributed by atoms with Gasteiger partial charge in [-0.15, -0.1) is 0 Å². The van der Waals surface area contributed by atoms with E-state index in [0.29, 0.717) is 31.0 Å². The number of anilines is 1. The third-order valence-corrected chi connectivity index (χ3v) is 4.93. The quantitative estimate of drug-likeness (QED) is 0.744. The molecule has 20 heavy (non-hydrogen) atoms. The standard InChI is InChI=1S/C14H24N2O3S/c1-3-12-20(17,18)14-6-4-13(5-7-14)16(9-8-15)10-11-19-2/h4-7H,3,8-12,15H2,1-2H3. The van der Waals surface area contributed by atoms with Crippen molar-refractivity contribution in [1.29, 1.82) is 0 Å². The molecule has 0 aliphatic rings. The highest BCUT2D eigenvalue weighted by atomic mass is 32.2. The normalized spacial score (nSPS) is 11.6. The molecule has 0 atom stereocenters. The third-order valence-electron chi connectivity index (χ3n) is 3.00. The van der Waals surface area contributed by atoms with Crippen LogP contribution in [0, 0.1) is 0 Å². The first-order valence-electron chi connectivity index (χ1n) is 6.82. The zero-order chi connectivity index (χ0) is 15.0. The maximum atomic E-state index is 12.0. The lowest BCUT2D eigenvalue weighted by Crippen LogP contribution is -2.32. The van der Waals surface area contributed by atoms with Crippen LogP contribution < -0.4 is 10.6 Å². The lowest BCUT2D eigenvalue weighted by molar-refractivity contribution is 0.205. The van der Waals surface area contributed by atoms with E-state index in [9.17, 15) is 8.42 Å². The lowest BCUT2D eigenvalue weighted by atomic mass is 10.3. The molecule has 0 bridgehead atoms. The van der Waals surface area contributed by atoms with Gasteiger partial charge in [0.2, 0.25) is 0 Å². The summed E-state index contributed by atoms with van der Waals surface area (Å²) in [5.74, 6) is 0.183. The van der Waals surface area contributed by atoms with Crippen LogP contribution in [-0.2, 0) is 14.6 Å². The van der Waals surface area contributed by atoms with Gasteiger partial charge in [-0.25, -0.2) is 8.42 Å². The molecule has 0 fully saturated rings. The number of ether oxygens (including phenoxy) is 1. The molecular formula is C14H24N2O3S. The number of methoxy groups -OCH3 is 1. The van der Waals surface area contributed by atoms with E-state index in [4.69, 9.17) is 10.5 Å². The number of hydrogen-bond acceptors (Lipinski definition) is 5. The van der Waals surface area contributed by atoms with Crippen molar-refractivity contribution in [2.45, 2.75) is 18.2 Å². The highest BCUT2D eigenvalue weighted by Gasteiger charge is 2.13. The van der Waals surface area contributed by atoms with Crippen molar-refractivity contribution in [2.75, 3.05) is 44.0 Å². The predicted octanol–water partition coefficient (Wildman–Crippen LogP) is 1.28. The van der Waals surface area contributed by atoms with Crippen LogP contribution in [0.5, 0.6) is 0 Å². The molecule has 0 aliphatic heterocycles. The van der Waals surface area contributed by atoms with E-state index in [0.717, 1.165) is 12.2 Å². The number of hydrogen-bond donors (Lipinski definition) is 1. The Balaban J connectivity index is 2.87. The van der Waals surface area contributed by atoms with Crippen LogP contribution in [0.25, 0.3) is 0 Å². The molecule has 0 saturated carbocycles. The molecule has 1 aromatic carbocycles. The van der Waals surface area contributed by atoms with Crippen LogP contribution in [0.1, 0.15) is 13.3 Å². The molecule has 114 valence electrons. The topological polar surface area (TPSA) is 72.6 Å². The Labute approximate surface area is 121 Å². The van der Waals surface area contributed by atoms with Crippen LogP contribution in [0.4, 0.5) is 5.69 Å². The summed E-state index contributed by atoms with van der Waals surface area (Å²) >= 11 is 0. The van der Waals surface area contributed by atoms with Gasteiger partial charge in [-0.2, -0.15) is 0 Å². The van der Waals surface area contributed by atoms with Crippen LogP contribution >= 0.6 is 0 Å². The Bertz CT molecular complexity index is 486. The van der Waals surface area contributed by atoms with E-state index in [2.05, 4.69) is 4.90 Å². The first-order chi connectivity index (χ1) is 9.55. The molecular weight excluding hydrogens is 276 g/mol. The molecule has 1 aromatic rings. The molecule has 1 rings (SSSR count). The summed E-state index contributed by atoms with van der Waals surface area (Å²) in [6, 6.07) is 6.98. The number of nitrogens with two attached hydrogens (primary N) is 1. The monoisotopic (exact) mass is 300 g/mol. The van der Waals surface area contributed by atoms with Crippen LogP contribution in [0.2, 0.25) is 0 Å². The van der Waals surface area contributed by atoms with E-state index < -0.39 is 9.84 Å². The van der Waals surface area contributed by atoms with Crippen molar-refractivity contribution in [3.63, 3.8) is 0 Å². The second-order valence-electron chi connectivity index (χ2n) is 4.58. The van der Waals surface area contributed by atoms with Gasteiger partial charge >= 0.3 is 0 Å². The highest BCUT2D eigenvalue weighted by molar-refractivity contribution is 7.91. The van der Waals surface area contributed by atoms with Crippen molar-refractivity contribution < 1.29 is 13.2 Å². The fraction of sp³-hybridized carbons (Fsp3) is 0.571. The molecule has 0 aromatic heterocycles. The second-order valence-corrected chi connectivity index (χ2v) is 6.69. The van der Waals surface area contributed by atoms with Gasteiger partial charge in [-0.1, -0.05) is 6.92 Å². The van der Waals surface area contributed by atoms with Gasteiger partial charge in [0.15, 0.2) is 9.84 Å². The minimum Gasteiger partial charge on any atom is -0.383 e. The minimum absolute atomic E-state index is 0.183. The van der Waals surface area contributed by atoms with Crippen LogP contribution in [0.3, 0.4) is 0 Å². The van der Waals surface area contributed by atoms with E-state index in [-0.39, 0.29) is 5.75 Å². The van der Waals surface area contributed by atoms with E-state index in [1.54, 1.807) is 19.2 Å². The Kier molecular flexibility index (Phi) is 6.98. The molecule has 0 spiro atoms. The Morgan fingerprint density at radius 2 is 1.85 bits per heavy atom. The fourth-order valence-corrected chi connectivity index (χ4v) is 3.30. The number of benzene rings is 1. The fourth-order valence-electron chi connectivity index (χ4n) is 1.98. The Hall–Kier alpha value is -1.11. The maximum absolute atomic E-state index is 12.0. The number of rotatable bonds is 9. The molecule has 5 nitrogen and oxygen atoms in total. The SMILES string of the molecule is CCCS(=O)(=O)c1ccc(N(CCN)CCOC)cc1. The van der Waals surface area contributed by atoms with Crippen LogP contribution in [0.15, 0.2) is 29.2 Å². The summed E-state index contributed by atoms with van der Waals surface area (Å²) in [5.41, 5.74) is 6.56. The molecule has 0 saturated heterocycles. The summed E-state index contributed by atoms with van der Waals surface area (Å²) < 4.78 is 29.0. The average Bonchev–Trinajstić information content (AvgIpc) is 2.43. The molecule has 0 radical (unpaired) electrons. The number of nitrogens with zero attached hydrogens (tertiary/aromatic N) is 1. The zero-order valence-corrected chi connectivity index (χ0v) is 13.0. The summed E-state index contributed by atoms with van der Waals surface area (Å²) in [5, 5.41) is 0. The molecule has 0 amide bonds. The van der Waals surface area contributed by atoms with E-state index in [1.165, 1.54) is 0 Å². The van der Waals surface area contributed by atoms with Crippen molar-refractivity contribution in [3.8, 4) is 0 Å². The summed E-state index contributed by atoms with van der Waals surface area (Å²) in [7, 11) is -1.50. The summed E-state index contributed by atoms with van der Waals surface area (Å²) in [6.07, 6.45) is 0.622. The van der Waals surface area contributed by atoms with Gasteiger partial charge in [0.05, 0.1) is 17.3 Å². The number of sulfone groups is 1. The lowest BCUT2D eigenvalue weighted by Gasteiger charge is -2.24. The summed E-state index contributed by atoms with van der Waals surface area (Å²) in [6.45, 7) is 4.45. The first kappa shape index (κ1) is 16.9. The van der Waals surface area contributed by atoms with Gasteiger partial charge in [-0.3, -0.25) is 0 Å². The van der Waals surface area contributed by atoms with Gasteiger partial charge in [0, 0.05) is 32.4 Å². The maximum Gasteiger partial charge on any atom is 0.178 e. The molecule has 6 heteroatoms. The summed E-state index contributed by atoms with van der Waals surface area (Å²) in [4.78, 5) is 2.46. The average molecular weight is 300 g/mol. The predicted molar refractivity (Wildman–Crippen MR) is 81.9 cm³/mol. The van der Waals surface area contributed by atoms with Crippen molar-refractivity contribution in [2.24, 2.45) is 5.73 Å². The zero-order valence-electron chi connectivity index (χ0n) is 12.2. The highest BCUT2D eigenvalue weighted by Crippen LogP contribution is 2.19. The van der Waals surface area contributed by atoms with Gasteiger partial charge in [0.1, 0.15) is 0 Å². The van der Waals surface area contributed by atoms with E-state index in [1.807, 2.05) is 19.1 Å². The van der Waals surface area contributed by atoms with Crippen molar-refractivity contribution in [1.82, 2.24) is 0 Å². The van der Waals surface area contributed by atoms with E-state index >= 15 is 0 Å². The van der Waals surface area contributed by atoms with Crippen LogP contribution in [-0.4, -0.2) is 47.5 Å². The molecule has 0 unspecified atom stereocenters.